The fourth-order valence-corrected chi connectivity index (χ4v) is 3.79. The Morgan fingerprint density at radius 1 is 1.07 bits per heavy atom. The van der Waals surface area contributed by atoms with E-state index in [0.717, 1.165) is 33.7 Å². The Kier molecular flexibility index (Phi) is 5.53. The Morgan fingerprint density at radius 2 is 1.68 bits per heavy atom. The van der Waals surface area contributed by atoms with Gasteiger partial charge in [0, 0.05) is 23.6 Å². The van der Waals surface area contributed by atoms with Crippen molar-refractivity contribution in [3.63, 3.8) is 0 Å². The number of nitrogens with one attached hydrogen (secondary N) is 1. The fourth-order valence-electron chi connectivity index (χ4n) is 2.93. The van der Waals surface area contributed by atoms with Crippen LogP contribution in [-0.2, 0) is 0 Å². The molecule has 2 heterocycles. The van der Waals surface area contributed by atoms with Crippen LogP contribution in [0.5, 0.6) is 0 Å². The monoisotopic (exact) mass is 395 g/mol. The molecule has 1 aromatic carbocycles. The molecule has 0 fully saturated rings. The van der Waals surface area contributed by atoms with Crippen molar-refractivity contribution in [2.45, 2.75) is 27.7 Å². The Balaban J connectivity index is 1.84. The first-order chi connectivity index (χ1) is 13.3. The number of amides is 2. The minimum Gasteiger partial charge on any atom is -0.750 e. The van der Waals surface area contributed by atoms with Crippen LogP contribution in [0.25, 0.3) is 0 Å². The highest BCUT2D eigenvalue weighted by Gasteiger charge is 2.20. The minimum absolute atomic E-state index is 0.0817. The van der Waals surface area contributed by atoms with Crippen molar-refractivity contribution in [3.05, 3.63) is 74.7 Å². The van der Waals surface area contributed by atoms with Crippen LogP contribution in [0.1, 0.15) is 42.4 Å². The lowest BCUT2D eigenvalue weighted by Gasteiger charge is -2.24. The largest absolute Gasteiger partial charge is 0.750 e. The molecule has 0 aliphatic heterocycles. The lowest BCUT2D eigenvalue weighted by Crippen LogP contribution is -2.24. The summed E-state index contributed by atoms with van der Waals surface area (Å²) in [5.74, 6) is -1.12. The summed E-state index contributed by atoms with van der Waals surface area (Å²) < 4.78 is 0. The number of anilines is 2. The van der Waals surface area contributed by atoms with Gasteiger partial charge in [-0.15, -0.1) is 0 Å². The summed E-state index contributed by atoms with van der Waals surface area (Å²) >= 11 is 0.887. The van der Waals surface area contributed by atoms with Crippen LogP contribution < -0.4 is 10.4 Å². The van der Waals surface area contributed by atoms with Crippen molar-refractivity contribution in [1.82, 2.24) is 9.97 Å². The number of nitrogens with zero attached hydrogens (tertiary/aromatic N) is 3. The molecular weight excluding hydrogens is 376 g/mol. The van der Waals surface area contributed by atoms with Crippen LogP contribution in [-0.4, -0.2) is 21.8 Å². The number of benzene rings is 1. The first-order valence-electron chi connectivity index (χ1n) is 8.56. The van der Waals surface area contributed by atoms with Gasteiger partial charge in [0.05, 0.1) is 5.69 Å². The topological polar surface area (TPSA) is 98.2 Å². The quantitative estimate of drug-likeness (QED) is 0.669. The van der Waals surface area contributed by atoms with Crippen LogP contribution in [0.4, 0.5) is 10.8 Å². The van der Waals surface area contributed by atoms with Crippen molar-refractivity contribution >= 4 is 34.0 Å². The lowest BCUT2D eigenvalue weighted by atomic mass is 10.1. The maximum Gasteiger partial charge on any atom is 0.267 e. The van der Waals surface area contributed by atoms with Crippen LogP contribution in [0.15, 0.2) is 36.7 Å². The van der Waals surface area contributed by atoms with Crippen molar-refractivity contribution in [2.75, 3.05) is 10.4 Å². The molecule has 3 aromatic rings. The molecule has 0 spiro atoms. The van der Waals surface area contributed by atoms with Gasteiger partial charge in [-0.3, -0.25) is 14.6 Å². The summed E-state index contributed by atoms with van der Waals surface area (Å²) in [4.78, 5) is 33.3. The van der Waals surface area contributed by atoms with Crippen LogP contribution >= 0.6 is 11.3 Å². The zero-order valence-corrected chi connectivity index (χ0v) is 16.8. The third kappa shape index (κ3) is 3.92. The van der Waals surface area contributed by atoms with Crippen LogP contribution in [0.2, 0.25) is 0 Å². The van der Waals surface area contributed by atoms with E-state index >= 15 is 0 Å². The van der Waals surface area contributed by atoms with E-state index in [1.54, 1.807) is 6.92 Å². The van der Waals surface area contributed by atoms with Gasteiger partial charge < -0.3 is 15.6 Å². The van der Waals surface area contributed by atoms with Gasteiger partial charge in [-0.1, -0.05) is 29.0 Å². The first-order valence-corrected chi connectivity index (χ1v) is 9.38. The summed E-state index contributed by atoms with van der Waals surface area (Å²) in [6.45, 7) is 7.48. The van der Waals surface area contributed by atoms with Gasteiger partial charge in [0.2, 0.25) is 5.91 Å². The standard InChI is InChI=1S/C20H19N4O3S/c1-11-9-12(2)16(13(3)10-11)23-18(25)17-14(4)22-20(28-17)24(27)19(26)15-5-7-21-8-6-15/h5-10H,1-4H3,(H,23,25)/q-1. The van der Waals surface area contributed by atoms with E-state index in [9.17, 15) is 14.8 Å². The van der Waals surface area contributed by atoms with Gasteiger partial charge in [0.25, 0.3) is 5.91 Å². The maximum absolute atomic E-state index is 12.7. The molecule has 28 heavy (non-hydrogen) atoms. The molecule has 0 unspecified atom stereocenters. The molecule has 2 aromatic heterocycles. The van der Waals surface area contributed by atoms with E-state index in [2.05, 4.69) is 15.3 Å². The number of pyridine rings is 1. The second-order valence-corrected chi connectivity index (χ2v) is 7.45. The number of carbonyl (C=O) groups excluding carboxylic acids is 2. The van der Waals surface area contributed by atoms with Crippen molar-refractivity contribution in [2.24, 2.45) is 0 Å². The van der Waals surface area contributed by atoms with Gasteiger partial charge >= 0.3 is 0 Å². The predicted octanol–water partition coefficient (Wildman–Crippen LogP) is 4.17. The molecule has 1 N–H and O–H groups in total. The second kappa shape index (κ2) is 7.87. The molecule has 7 nitrogen and oxygen atoms in total. The van der Waals surface area contributed by atoms with Gasteiger partial charge in [0.15, 0.2) is 5.13 Å². The Bertz CT molecular complexity index is 1020. The molecule has 2 amide bonds. The van der Waals surface area contributed by atoms with E-state index in [0.29, 0.717) is 5.69 Å². The fraction of sp³-hybridized carbons (Fsp3) is 0.200. The van der Waals surface area contributed by atoms with E-state index in [1.165, 1.54) is 24.5 Å². The zero-order chi connectivity index (χ0) is 20.4. The number of hydrogen-bond donors (Lipinski definition) is 1. The highest BCUT2D eigenvalue weighted by molar-refractivity contribution is 7.18. The number of thiazole rings is 1. The number of carbonyl (C=O) groups is 2. The summed E-state index contributed by atoms with van der Waals surface area (Å²) in [7, 11) is 0. The summed E-state index contributed by atoms with van der Waals surface area (Å²) in [6, 6.07) is 6.87. The molecule has 0 radical (unpaired) electrons. The van der Waals surface area contributed by atoms with Crippen molar-refractivity contribution in [3.8, 4) is 0 Å². The molecule has 0 aliphatic rings. The number of aryl methyl sites for hydroxylation is 4. The van der Waals surface area contributed by atoms with Crippen LogP contribution in [0, 0.1) is 32.9 Å². The minimum atomic E-state index is -0.756. The Labute approximate surface area is 166 Å². The predicted molar refractivity (Wildman–Crippen MR) is 110 cm³/mol. The summed E-state index contributed by atoms with van der Waals surface area (Å²) in [5, 5.41) is 15.4. The van der Waals surface area contributed by atoms with E-state index in [4.69, 9.17) is 0 Å². The number of rotatable bonds is 4. The smallest absolute Gasteiger partial charge is 0.267 e. The van der Waals surface area contributed by atoms with E-state index < -0.39 is 5.91 Å². The van der Waals surface area contributed by atoms with E-state index in [1.807, 2.05) is 32.9 Å². The zero-order valence-electron chi connectivity index (χ0n) is 15.9. The second-order valence-electron chi connectivity index (χ2n) is 6.47. The summed E-state index contributed by atoms with van der Waals surface area (Å²) in [6.07, 6.45) is 2.86. The van der Waals surface area contributed by atoms with Gasteiger partial charge in [-0.25, -0.2) is 4.98 Å². The molecule has 3 rings (SSSR count). The number of hydroxylamine groups is 1. The highest BCUT2D eigenvalue weighted by atomic mass is 32.1. The SMILES string of the molecule is Cc1cc(C)c(NC(=O)c2sc(N([O-])C(=O)c3ccncc3)nc2C)c(C)c1. The van der Waals surface area contributed by atoms with Gasteiger partial charge in [-0.2, -0.15) is 0 Å². The van der Waals surface area contributed by atoms with Gasteiger partial charge in [-0.05, 0) is 51.0 Å². The molecule has 8 heteroatoms. The molecule has 0 bridgehead atoms. The average Bonchev–Trinajstić information content (AvgIpc) is 3.05. The molecule has 0 saturated heterocycles. The Hall–Kier alpha value is -3.10. The molecular formula is C20H19N4O3S-. The number of hydrogen-bond acceptors (Lipinski definition) is 6. The molecule has 0 aliphatic carbocycles. The van der Waals surface area contributed by atoms with Crippen LogP contribution in [0.3, 0.4) is 0 Å². The molecule has 0 atom stereocenters. The molecule has 0 saturated carbocycles. The third-order valence-electron chi connectivity index (χ3n) is 4.19. The highest BCUT2D eigenvalue weighted by Crippen LogP contribution is 2.29. The number of aromatic nitrogens is 2. The normalized spacial score (nSPS) is 10.6. The average molecular weight is 395 g/mol. The Morgan fingerprint density at radius 3 is 2.29 bits per heavy atom. The van der Waals surface area contributed by atoms with E-state index in [-0.39, 0.29) is 26.5 Å². The van der Waals surface area contributed by atoms with Crippen molar-refractivity contribution in [1.29, 1.82) is 0 Å². The first kappa shape index (κ1) is 19.7. The maximum atomic E-state index is 12.7. The van der Waals surface area contributed by atoms with Gasteiger partial charge in [0.1, 0.15) is 4.88 Å². The summed E-state index contributed by atoms with van der Waals surface area (Å²) in [5.41, 5.74) is 4.34. The van der Waals surface area contributed by atoms with Crippen molar-refractivity contribution < 1.29 is 9.59 Å². The molecule has 144 valence electrons. The third-order valence-corrected chi connectivity index (χ3v) is 5.32. The lowest BCUT2D eigenvalue weighted by molar-refractivity contribution is 0.0995.